The fourth-order valence-electron chi connectivity index (χ4n) is 2.99. The normalized spacial score (nSPS) is 13.3. The largest absolute Gasteiger partial charge is 0.377 e. The molecule has 8 heteroatoms. The first-order valence-corrected chi connectivity index (χ1v) is 9.13. The van der Waals surface area contributed by atoms with Crippen molar-refractivity contribution >= 4 is 0 Å². The number of nitrogens with two attached hydrogens (primary N) is 1. The summed E-state index contributed by atoms with van der Waals surface area (Å²) in [5.41, 5.74) is 1.46. The molecule has 0 aliphatic heterocycles. The Morgan fingerprint density at radius 2 is 1.71 bits per heavy atom. The Morgan fingerprint density at radius 1 is 0.968 bits per heavy atom. The van der Waals surface area contributed by atoms with Gasteiger partial charge in [-0.2, -0.15) is 8.78 Å². The van der Waals surface area contributed by atoms with Gasteiger partial charge in [0.2, 0.25) is 0 Å². The topological polar surface area (TPSA) is 59.1 Å². The smallest absolute Gasteiger partial charge is 0.323 e. The number of benzene rings is 2. The number of aliphatic hydroxyl groups is 1. The molecule has 1 atom stereocenters. The molecule has 0 saturated carbocycles. The predicted molar refractivity (Wildman–Crippen MR) is 104 cm³/mol. The zero-order valence-corrected chi connectivity index (χ0v) is 16.0. The van der Waals surface area contributed by atoms with Crippen LogP contribution >= 0.6 is 0 Å². The van der Waals surface area contributed by atoms with E-state index in [0.29, 0.717) is 17.2 Å². The SMILES string of the molecule is NCC(O)(c1ccc(F)cc1F)C(F)(F)c1ccc(C#CCc2cccc(F)c2)cn1. The van der Waals surface area contributed by atoms with Crippen molar-refractivity contribution < 1.29 is 27.1 Å². The van der Waals surface area contributed by atoms with Crippen LogP contribution in [0.4, 0.5) is 22.0 Å². The van der Waals surface area contributed by atoms with Crippen LogP contribution in [-0.2, 0) is 17.9 Å². The van der Waals surface area contributed by atoms with Gasteiger partial charge in [-0.1, -0.05) is 30.0 Å². The van der Waals surface area contributed by atoms with E-state index in [-0.39, 0.29) is 6.42 Å². The molecule has 2 aromatic carbocycles. The molecular formula is C23H17F5N2O. The predicted octanol–water partition coefficient (Wildman–Crippen LogP) is 4.03. The maximum atomic E-state index is 15.1. The molecule has 0 amide bonds. The summed E-state index contributed by atoms with van der Waals surface area (Å²) in [6.45, 7) is -1.04. The van der Waals surface area contributed by atoms with E-state index in [0.717, 1.165) is 24.4 Å². The standard InChI is InChI=1S/C23H17F5N2O/c24-17-6-2-4-15(11-17)3-1-5-16-7-10-21(30-13-16)23(27,28)22(31,14-29)19-9-8-18(25)12-20(19)26/h2,4,6-13,31H,3,14,29H2. The van der Waals surface area contributed by atoms with Crippen molar-refractivity contribution in [2.45, 2.75) is 17.9 Å². The second-order valence-electron chi connectivity index (χ2n) is 6.80. The van der Waals surface area contributed by atoms with E-state index in [1.54, 1.807) is 12.1 Å². The summed E-state index contributed by atoms with van der Waals surface area (Å²) in [5, 5.41) is 10.6. The van der Waals surface area contributed by atoms with Gasteiger partial charge < -0.3 is 10.8 Å². The summed E-state index contributed by atoms with van der Waals surface area (Å²) in [5.74, 6) is -1.31. The van der Waals surface area contributed by atoms with Gasteiger partial charge in [-0.3, -0.25) is 4.98 Å². The Hall–Kier alpha value is -3.28. The summed E-state index contributed by atoms with van der Waals surface area (Å²) in [7, 11) is 0. The van der Waals surface area contributed by atoms with Crippen LogP contribution in [0, 0.1) is 29.3 Å². The van der Waals surface area contributed by atoms with Crippen LogP contribution in [0.2, 0.25) is 0 Å². The Kier molecular flexibility index (Phi) is 6.39. The average molecular weight is 432 g/mol. The van der Waals surface area contributed by atoms with E-state index >= 15 is 8.78 Å². The lowest BCUT2D eigenvalue weighted by Crippen LogP contribution is -2.50. The highest BCUT2D eigenvalue weighted by molar-refractivity contribution is 5.37. The van der Waals surface area contributed by atoms with Crippen LogP contribution in [0.15, 0.2) is 60.8 Å². The summed E-state index contributed by atoms with van der Waals surface area (Å²) in [4.78, 5) is 3.65. The van der Waals surface area contributed by atoms with Gasteiger partial charge in [-0.15, -0.1) is 0 Å². The molecular weight excluding hydrogens is 415 g/mol. The molecule has 1 heterocycles. The summed E-state index contributed by atoms with van der Waals surface area (Å²) in [6, 6.07) is 9.93. The third-order valence-electron chi connectivity index (χ3n) is 4.69. The molecule has 3 N–H and O–H groups in total. The highest BCUT2D eigenvalue weighted by atomic mass is 19.3. The highest BCUT2D eigenvalue weighted by Crippen LogP contribution is 2.44. The molecule has 0 aliphatic rings. The van der Waals surface area contributed by atoms with Crippen molar-refractivity contribution in [3.8, 4) is 11.8 Å². The van der Waals surface area contributed by atoms with E-state index in [1.165, 1.54) is 18.2 Å². The summed E-state index contributed by atoms with van der Waals surface area (Å²) in [6.07, 6.45) is 1.31. The Morgan fingerprint density at radius 3 is 2.32 bits per heavy atom. The fourth-order valence-corrected chi connectivity index (χ4v) is 2.99. The van der Waals surface area contributed by atoms with Crippen LogP contribution in [0.25, 0.3) is 0 Å². The lowest BCUT2D eigenvalue weighted by Gasteiger charge is -2.35. The number of nitrogens with zero attached hydrogens (tertiary/aromatic N) is 1. The van der Waals surface area contributed by atoms with E-state index in [4.69, 9.17) is 5.73 Å². The first-order chi connectivity index (χ1) is 14.7. The molecule has 0 fully saturated rings. The van der Waals surface area contributed by atoms with Crippen molar-refractivity contribution in [2.75, 3.05) is 6.54 Å². The van der Waals surface area contributed by atoms with Crippen molar-refractivity contribution in [3.63, 3.8) is 0 Å². The first-order valence-electron chi connectivity index (χ1n) is 9.13. The monoisotopic (exact) mass is 432 g/mol. The van der Waals surface area contributed by atoms with Crippen LogP contribution in [-0.4, -0.2) is 16.6 Å². The number of halogens is 5. The van der Waals surface area contributed by atoms with E-state index in [9.17, 15) is 18.3 Å². The minimum absolute atomic E-state index is 0.242. The van der Waals surface area contributed by atoms with Gasteiger partial charge in [0.1, 0.15) is 23.1 Å². The first kappa shape index (κ1) is 22.4. The molecule has 0 bridgehead atoms. The van der Waals surface area contributed by atoms with E-state index in [1.807, 2.05) is 0 Å². The molecule has 1 unspecified atom stereocenters. The third-order valence-corrected chi connectivity index (χ3v) is 4.69. The third kappa shape index (κ3) is 4.58. The quantitative estimate of drug-likeness (QED) is 0.473. The van der Waals surface area contributed by atoms with Gasteiger partial charge in [0, 0.05) is 36.4 Å². The molecule has 0 saturated heterocycles. The number of aromatic nitrogens is 1. The Balaban J connectivity index is 1.85. The maximum Gasteiger partial charge on any atom is 0.323 e. The average Bonchev–Trinajstić information content (AvgIpc) is 2.73. The van der Waals surface area contributed by atoms with E-state index in [2.05, 4.69) is 16.8 Å². The fraction of sp³-hybridized carbons (Fsp3) is 0.174. The van der Waals surface area contributed by atoms with Crippen LogP contribution in [0.5, 0.6) is 0 Å². The van der Waals surface area contributed by atoms with Crippen LogP contribution in [0.3, 0.4) is 0 Å². The lowest BCUT2D eigenvalue weighted by atomic mass is 9.84. The zero-order chi connectivity index (χ0) is 22.6. The molecule has 3 aromatic rings. The second-order valence-corrected chi connectivity index (χ2v) is 6.80. The number of hydrogen-bond acceptors (Lipinski definition) is 3. The number of hydrogen-bond donors (Lipinski definition) is 2. The second kappa shape index (κ2) is 8.84. The number of pyridine rings is 1. The minimum atomic E-state index is -4.09. The van der Waals surface area contributed by atoms with Gasteiger partial charge in [-0.05, 0) is 35.9 Å². The highest BCUT2D eigenvalue weighted by Gasteiger charge is 2.56. The summed E-state index contributed by atoms with van der Waals surface area (Å²) >= 11 is 0. The van der Waals surface area contributed by atoms with Crippen LogP contribution < -0.4 is 5.73 Å². The molecule has 31 heavy (non-hydrogen) atoms. The molecule has 160 valence electrons. The Labute approximate surface area is 175 Å². The molecule has 0 aliphatic carbocycles. The van der Waals surface area contributed by atoms with Gasteiger partial charge >= 0.3 is 5.92 Å². The molecule has 0 radical (unpaired) electrons. The van der Waals surface area contributed by atoms with Gasteiger partial charge in [0.25, 0.3) is 0 Å². The lowest BCUT2D eigenvalue weighted by molar-refractivity contribution is -0.193. The van der Waals surface area contributed by atoms with Crippen molar-refractivity contribution in [1.29, 1.82) is 0 Å². The van der Waals surface area contributed by atoms with Gasteiger partial charge in [-0.25, -0.2) is 13.2 Å². The zero-order valence-electron chi connectivity index (χ0n) is 16.0. The van der Waals surface area contributed by atoms with Crippen molar-refractivity contribution in [3.05, 3.63) is 101 Å². The van der Waals surface area contributed by atoms with Crippen molar-refractivity contribution in [2.24, 2.45) is 5.73 Å². The van der Waals surface area contributed by atoms with Gasteiger partial charge in [0.05, 0.1) is 0 Å². The molecule has 1 aromatic heterocycles. The van der Waals surface area contributed by atoms with E-state index < -0.39 is 46.8 Å². The molecule has 3 rings (SSSR count). The molecule has 0 spiro atoms. The van der Waals surface area contributed by atoms with Crippen molar-refractivity contribution in [1.82, 2.24) is 4.98 Å². The maximum absolute atomic E-state index is 15.1. The number of alkyl halides is 2. The minimum Gasteiger partial charge on any atom is -0.377 e. The summed E-state index contributed by atoms with van der Waals surface area (Å²) < 4.78 is 70.6. The number of rotatable bonds is 5. The van der Waals surface area contributed by atoms with Crippen LogP contribution in [0.1, 0.15) is 22.4 Å². The van der Waals surface area contributed by atoms with Gasteiger partial charge in [0.15, 0.2) is 5.60 Å². The Bertz CT molecular complexity index is 1140. The molecule has 3 nitrogen and oxygen atoms in total.